The number of piperazine rings is 1. The highest BCUT2D eigenvalue weighted by Crippen LogP contribution is 2.23. The van der Waals surface area contributed by atoms with Gasteiger partial charge >= 0.3 is 0 Å². The lowest BCUT2D eigenvalue weighted by molar-refractivity contribution is -0.130. The molecule has 1 atom stereocenters. The molecule has 2 aliphatic rings. The Balaban J connectivity index is 1.52. The minimum Gasteiger partial charge on any atom is -0.343 e. The summed E-state index contributed by atoms with van der Waals surface area (Å²) in [5.41, 5.74) is 0.981. The Hall–Kier alpha value is -1.88. The molecule has 0 spiro atoms. The van der Waals surface area contributed by atoms with Gasteiger partial charge in [0, 0.05) is 44.3 Å². The number of rotatable bonds is 6. The second-order valence-electron chi connectivity index (χ2n) is 8.25. The standard InChI is InChI=1S/C22H33N3O2/c1-18(2)7-6-13-23-14-12-19(10-11-21(23)26)24-15-16-25(22(27)17-24)20-8-4-3-5-9-20/h3-5,8-9,18-19H,6-7,10-17H2,1-2H3. The third-order valence-electron chi connectivity index (χ3n) is 5.82. The zero-order valence-electron chi connectivity index (χ0n) is 16.8. The first-order chi connectivity index (χ1) is 13.0. The molecule has 0 aliphatic carbocycles. The average Bonchev–Trinajstić information content (AvgIpc) is 2.84. The molecule has 5 heteroatoms. The maximum Gasteiger partial charge on any atom is 0.241 e. The highest BCUT2D eigenvalue weighted by Gasteiger charge is 2.32. The highest BCUT2D eigenvalue weighted by atomic mass is 16.2. The molecule has 2 amide bonds. The predicted molar refractivity (Wildman–Crippen MR) is 109 cm³/mol. The number of anilines is 1. The molecule has 148 valence electrons. The van der Waals surface area contributed by atoms with Crippen LogP contribution in [0.2, 0.25) is 0 Å². The largest absolute Gasteiger partial charge is 0.343 e. The van der Waals surface area contributed by atoms with Crippen LogP contribution in [0.15, 0.2) is 30.3 Å². The van der Waals surface area contributed by atoms with Gasteiger partial charge in [-0.1, -0.05) is 32.0 Å². The Bertz CT molecular complexity index is 632. The number of carbonyl (C=O) groups is 2. The van der Waals surface area contributed by atoms with E-state index in [0.29, 0.717) is 24.9 Å². The molecule has 0 aromatic heterocycles. The number of nitrogens with zero attached hydrogens (tertiary/aromatic N) is 3. The Morgan fingerprint density at radius 2 is 1.78 bits per heavy atom. The van der Waals surface area contributed by atoms with Crippen LogP contribution in [0, 0.1) is 5.92 Å². The first-order valence-corrected chi connectivity index (χ1v) is 10.4. The SMILES string of the molecule is CC(C)CCCN1CCC(N2CCN(c3ccccc3)C(=O)C2)CCC1=O. The number of hydrogen-bond donors (Lipinski definition) is 0. The molecule has 1 aromatic rings. The number of amides is 2. The molecule has 2 aliphatic heterocycles. The summed E-state index contributed by atoms with van der Waals surface area (Å²) in [6, 6.07) is 10.2. The van der Waals surface area contributed by atoms with Crippen LogP contribution in [0.3, 0.4) is 0 Å². The highest BCUT2D eigenvalue weighted by molar-refractivity contribution is 5.95. The molecule has 1 unspecified atom stereocenters. The number of carbonyl (C=O) groups excluding carboxylic acids is 2. The van der Waals surface area contributed by atoms with E-state index >= 15 is 0 Å². The van der Waals surface area contributed by atoms with Crippen molar-refractivity contribution in [2.24, 2.45) is 5.92 Å². The number of hydrogen-bond acceptors (Lipinski definition) is 3. The summed E-state index contributed by atoms with van der Waals surface area (Å²) in [6.07, 6.45) is 4.72. The van der Waals surface area contributed by atoms with Gasteiger partial charge in [-0.2, -0.15) is 0 Å². The fraction of sp³-hybridized carbons (Fsp3) is 0.636. The van der Waals surface area contributed by atoms with Crippen LogP contribution in [0.5, 0.6) is 0 Å². The van der Waals surface area contributed by atoms with Crippen molar-refractivity contribution in [1.82, 2.24) is 9.80 Å². The maximum atomic E-state index is 12.7. The smallest absolute Gasteiger partial charge is 0.241 e. The van der Waals surface area contributed by atoms with E-state index in [1.807, 2.05) is 40.1 Å². The lowest BCUT2D eigenvalue weighted by Crippen LogP contribution is -2.53. The van der Waals surface area contributed by atoms with Crippen LogP contribution in [-0.2, 0) is 9.59 Å². The van der Waals surface area contributed by atoms with E-state index in [4.69, 9.17) is 0 Å². The van der Waals surface area contributed by atoms with Gasteiger partial charge in [0.1, 0.15) is 0 Å². The van der Waals surface area contributed by atoms with E-state index in [2.05, 4.69) is 18.7 Å². The molecular formula is C22H33N3O2. The zero-order chi connectivity index (χ0) is 19.2. The lowest BCUT2D eigenvalue weighted by Gasteiger charge is -2.38. The maximum absolute atomic E-state index is 12.7. The van der Waals surface area contributed by atoms with Crippen molar-refractivity contribution in [3.63, 3.8) is 0 Å². The third-order valence-corrected chi connectivity index (χ3v) is 5.82. The van der Waals surface area contributed by atoms with Crippen molar-refractivity contribution < 1.29 is 9.59 Å². The van der Waals surface area contributed by atoms with Crippen molar-refractivity contribution in [2.45, 2.75) is 52.0 Å². The molecule has 2 heterocycles. The van der Waals surface area contributed by atoms with E-state index < -0.39 is 0 Å². The van der Waals surface area contributed by atoms with Crippen LogP contribution >= 0.6 is 0 Å². The Morgan fingerprint density at radius 1 is 1.00 bits per heavy atom. The summed E-state index contributed by atoms with van der Waals surface area (Å²) in [7, 11) is 0. The van der Waals surface area contributed by atoms with E-state index in [1.54, 1.807) is 0 Å². The monoisotopic (exact) mass is 371 g/mol. The summed E-state index contributed by atoms with van der Waals surface area (Å²) < 4.78 is 0. The van der Waals surface area contributed by atoms with Crippen molar-refractivity contribution in [2.75, 3.05) is 37.6 Å². The topological polar surface area (TPSA) is 43.9 Å². The molecule has 5 nitrogen and oxygen atoms in total. The zero-order valence-corrected chi connectivity index (χ0v) is 16.8. The molecular weight excluding hydrogens is 338 g/mol. The number of para-hydroxylation sites is 1. The lowest BCUT2D eigenvalue weighted by atomic mass is 10.1. The second kappa shape index (κ2) is 9.36. The van der Waals surface area contributed by atoms with Crippen LogP contribution in [0.4, 0.5) is 5.69 Å². The minimum atomic E-state index is 0.164. The summed E-state index contributed by atoms with van der Waals surface area (Å²) >= 11 is 0. The fourth-order valence-electron chi connectivity index (χ4n) is 4.20. The van der Waals surface area contributed by atoms with Crippen molar-refractivity contribution in [1.29, 1.82) is 0 Å². The molecule has 0 bridgehead atoms. The quantitative estimate of drug-likeness (QED) is 0.772. The normalized spacial score (nSPS) is 22.4. The average molecular weight is 372 g/mol. The van der Waals surface area contributed by atoms with Gasteiger partial charge in [-0.25, -0.2) is 0 Å². The predicted octanol–water partition coefficient (Wildman–Crippen LogP) is 3.15. The Morgan fingerprint density at radius 3 is 2.48 bits per heavy atom. The van der Waals surface area contributed by atoms with Gasteiger partial charge in [0.2, 0.25) is 11.8 Å². The molecule has 2 saturated heterocycles. The Labute approximate surface area is 163 Å². The van der Waals surface area contributed by atoms with Crippen LogP contribution in [0.25, 0.3) is 0 Å². The summed E-state index contributed by atoms with van der Waals surface area (Å²) in [5.74, 6) is 1.14. The molecule has 0 saturated carbocycles. The fourth-order valence-corrected chi connectivity index (χ4v) is 4.20. The summed E-state index contributed by atoms with van der Waals surface area (Å²) in [6.45, 7) is 8.23. The summed E-state index contributed by atoms with van der Waals surface area (Å²) in [5, 5.41) is 0. The van der Waals surface area contributed by atoms with Crippen molar-refractivity contribution >= 4 is 17.5 Å². The molecule has 3 rings (SSSR count). The van der Waals surface area contributed by atoms with Gasteiger partial charge in [0.25, 0.3) is 0 Å². The molecule has 0 N–H and O–H groups in total. The molecule has 27 heavy (non-hydrogen) atoms. The van der Waals surface area contributed by atoms with Crippen LogP contribution < -0.4 is 4.90 Å². The molecule has 1 aromatic carbocycles. The molecule has 0 radical (unpaired) electrons. The van der Waals surface area contributed by atoms with Crippen LogP contribution in [0.1, 0.15) is 46.0 Å². The van der Waals surface area contributed by atoms with Gasteiger partial charge in [0.05, 0.1) is 6.54 Å². The van der Waals surface area contributed by atoms with E-state index in [9.17, 15) is 9.59 Å². The molecule has 2 fully saturated rings. The van der Waals surface area contributed by atoms with Crippen molar-refractivity contribution in [3.05, 3.63) is 30.3 Å². The third kappa shape index (κ3) is 5.32. The van der Waals surface area contributed by atoms with E-state index in [1.165, 1.54) is 6.42 Å². The van der Waals surface area contributed by atoms with Gasteiger partial charge in [-0.15, -0.1) is 0 Å². The van der Waals surface area contributed by atoms with Gasteiger partial charge in [-0.05, 0) is 43.7 Å². The van der Waals surface area contributed by atoms with E-state index in [0.717, 1.165) is 51.1 Å². The van der Waals surface area contributed by atoms with Gasteiger partial charge < -0.3 is 9.80 Å². The minimum absolute atomic E-state index is 0.164. The first-order valence-electron chi connectivity index (χ1n) is 10.4. The Kier molecular flexibility index (Phi) is 6.89. The van der Waals surface area contributed by atoms with Gasteiger partial charge in [-0.3, -0.25) is 14.5 Å². The van der Waals surface area contributed by atoms with Crippen LogP contribution in [-0.4, -0.2) is 60.4 Å². The second-order valence-corrected chi connectivity index (χ2v) is 8.25. The first kappa shape index (κ1) is 19.9. The van der Waals surface area contributed by atoms with Gasteiger partial charge in [0.15, 0.2) is 0 Å². The summed E-state index contributed by atoms with van der Waals surface area (Å²) in [4.78, 5) is 31.4. The van der Waals surface area contributed by atoms with E-state index in [-0.39, 0.29) is 11.8 Å². The number of benzene rings is 1. The number of likely N-dealkylation sites (tertiary alicyclic amines) is 1. The van der Waals surface area contributed by atoms with Crippen molar-refractivity contribution in [3.8, 4) is 0 Å².